The molecule has 4 aliphatic carbocycles. The van der Waals surface area contributed by atoms with E-state index in [2.05, 4.69) is 13.8 Å². The van der Waals surface area contributed by atoms with Gasteiger partial charge in [-0.05, 0) is 98.2 Å². The molecule has 0 aliphatic heterocycles. The summed E-state index contributed by atoms with van der Waals surface area (Å²) >= 11 is 0. The molecule has 4 rings (SSSR count). The summed E-state index contributed by atoms with van der Waals surface area (Å²) < 4.78 is 78.8. The van der Waals surface area contributed by atoms with Gasteiger partial charge in [0.1, 0.15) is 6.10 Å². The Bertz CT molecular complexity index is 806. The summed E-state index contributed by atoms with van der Waals surface area (Å²) in [7, 11) is 0. The Kier molecular flexibility index (Phi) is 6.49. The maximum Gasteiger partial charge on any atom is 0.417 e. The second-order valence-corrected chi connectivity index (χ2v) is 12.3. The van der Waals surface area contributed by atoms with Gasteiger partial charge in [-0.15, -0.1) is 0 Å². The zero-order valence-corrected chi connectivity index (χ0v) is 20.3. The largest absolute Gasteiger partial charge is 0.417 e. The lowest BCUT2D eigenvalue weighted by molar-refractivity contribution is -0.271. The number of fused-ring (bicyclic) bond motifs is 5. The van der Waals surface area contributed by atoms with Crippen molar-refractivity contribution in [3.05, 3.63) is 11.6 Å². The van der Waals surface area contributed by atoms with Gasteiger partial charge in [0.25, 0.3) is 0 Å². The smallest absolute Gasteiger partial charge is 0.384 e. The molecule has 0 heterocycles. The first-order valence-electron chi connectivity index (χ1n) is 12.8. The molecule has 4 aliphatic rings. The van der Waals surface area contributed by atoms with E-state index in [9.17, 15) is 36.6 Å². The molecule has 2 N–H and O–H groups in total. The maximum absolute atomic E-state index is 13.5. The summed E-state index contributed by atoms with van der Waals surface area (Å²) in [5.74, 6) is 1.42. The number of aliphatic hydroxyl groups is 2. The lowest BCUT2D eigenvalue weighted by Gasteiger charge is -2.59. The van der Waals surface area contributed by atoms with Gasteiger partial charge >= 0.3 is 12.4 Å². The molecule has 2 nitrogen and oxygen atoms in total. The first-order chi connectivity index (χ1) is 15.5. The fourth-order valence-electron chi connectivity index (χ4n) is 8.65. The minimum Gasteiger partial charge on any atom is -0.384 e. The van der Waals surface area contributed by atoms with Crippen molar-refractivity contribution in [2.45, 2.75) is 109 Å². The van der Waals surface area contributed by atoms with E-state index in [1.807, 2.05) is 13.0 Å². The van der Waals surface area contributed by atoms with Gasteiger partial charge in [-0.3, -0.25) is 0 Å². The fourth-order valence-corrected chi connectivity index (χ4v) is 8.65. The monoisotopic (exact) mass is 496 g/mol. The number of alkyl halides is 6. The molecule has 34 heavy (non-hydrogen) atoms. The van der Waals surface area contributed by atoms with Crippen molar-refractivity contribution in [2.24, 2.45) is 40.4 Å². The van der Waals surface area contributed by atoms with Crippen molar-refractivity contribution in [1.82, 2.24) is 0 Å². The molecule has 9 atom stereocenters. The van der Waals surface area contributed by atoms with Crippen LogP contribution in [0.15, 0.2) is 11.6 Å². The SMILES string of the molecule is C[C@H](CC[C@@H](O)C(F)(F)F)[C@H]1CC[C@H]2[C@@H]3CC=C4C[C@](O)(C(F)(F)F)CC[C@]4(C)[C@H]3CC[C@]12C. The molecular formula is C26H38F6O2. The van der Waals surface area contributed by atoms with E-state index in [0.717, 1.165) is 37.7 Å². The van der Waals surface area contributed by atoms with Gasteiger partial charge < -0.3 is 10.2 Å². The number of aliphatic hydroxyl groups excluding tert-OH is 1. The molecule has 0 aromatic rings. The number of rotatable bonds is 4. The lowest BCUT2D eigenvalue weighted by Crippen LogP contribution is -2.55. The molecule has 8 heteroatoms. The maximum atomic E-state index is 13.5. The van der Waals surface area contributed by atoms with Crippen LogP contribution in [-0.2, 0) is 0 Å². The molecule has 0 saturated heterocycles. The highest BCUT2D eigenvalue weighted by molar-refractivity contribution is 5.28. The Hall–Kier alpha value is -0.760. The second-order valence-electron chi connectivity index (χ2n) is 12.3. The van der Waals surface area contributed by atoms with Crippen molar-refractivity contribution in [3.63, 3.8) is 0 Å². The number of hydrogen-bond donors (Lipinski definition) is 2. The van der Waals surface area contributed by atoms with E-state index in [0.29, 0.717) is 30.6 Å². The summed E-state index contributed by atoms with van der Waals surface area (Å²) in [5.41, 5.74) is -2.20. The molecule has 0 unspecified atom stereocenters. The molecule has 0 radical (unpaired) electrons. The summed E-state index contributed by atoms with van der Waals surface area (Å²) in [5, 5.41) is 19.8. The van der Waals surface area contributed by atoms with E-state index in [1.54, 1.807) is 0 Å². The summed E-state index contributed by atoms with van der Waals surface area (Å²) in [6, 6.07) is 0. The van der Waals surface area contributed by atoms with Gasteiger partial charge in [-0.25, -0.2) is 0 Å². The third-order valence-corrected chi connectivity index (χ3v) is 10.7. The van der Waals surface area contributed by atoms with E-state index in [1.165, 1.54) is 0 Å². The molecule has 3 saturated carbocycles. The topological polar surface area (TPSA) is 40.5 Å². The van der Waals surface area contributed by atoms with Crippen LogP contribution >= 0.6 is 0 Å². The van der Waals surface area contributed by atoms with Crippen LogP contribution in [0.2, 0.25) is 0 Å². The summed E-state index contributed by atoms with van der Waals surface area (Å²) in [4.78, 5) is 0. The average Bonchev–Trinajstić information content (AvgIpc) is 3.08. The van der Waals surface area contributed by atoms with Crippen LogP contribution in [0.4, 0.5) is 26.3 Å². The predicted molar refractivity (Wildman–Crippen MR) is 117 cm³/mol. The quantitative estimate of drug-likeness (QED) is 0.319. The van der Waals surface area contributed by atoms with Crippen LogP contribution in [0, 0.1) is 40.4 Å². The van der Waals surface area contributed by atoms with E-state index in [4.69, 9.17) is 0 Å². The lowest BCUT2D eigenvalue weighted by atomic mass is 9.46. The Labute approximate surface area is 198 Å². The standard InChI is InChI=1S/C26H38F6O2/c1-15(4-9-21(33)25(27,28)29)18-7-8-19-17-6-5-16-14-24(34,26(30,31)32)13-12-22(16,2)20(17)10-11-23(18,19)3/h5,15,17-21,33-34H,4,6-14H2,1-3H3/t15-,17+,18-,19+,20+,21-,22+,23-,24+/m1/s1. The van der Waals surface area contributed by atoms with Gasteiger partial charge in [-0.2, -0.15) is 26.3 Å². The molecule has 3 fully saturated rings. The van der Waals surface area contributed by atoms with E-state index in [-0.39, 0.29) is 41.9 Å². The highest BCUT2D eigenvalue weighted by Crippen LogP contribution is 2.68. The molecule has 196 valence electrons. The first kappa shape index (κ1) is 26.3. The Morgan fingerprint density at radius 1 is 0.971 bits per heavy atom. The Morgan fingerprint density at radius 2 is 1.65 bits per heavy atom. The van der Waals surface area contributed by atoms with Crippen LogP contribution in [0.5, 0.6) is 0 Å². The third-order valence-electron chi connectivity index (χ3n) is 10.7. The van der Waals surface area contributed by atoms with Crippen LogP contribution in [0.25, 0.3) is 0 Å². The second kappa shape index (κ2) is 8.39. The molecule has 0 aromatic heterocycles. The average molecular weight is 497 g/mol. The van der Waals surface area contributed by atoms with Gasteiger partial charge in [0, 0.05) is 6.42 Å². The number of halogens is 6. The highest BCUT2D eigenvalue weighted by atomic mass is 19.4. The first-order valence-corrected chi connectivity index (χ1v) is 12.8. The number of hydrogen-bond acceptors (Lipinski definition) is 2. The predicted octanol–water partition coefficient (Wildman–Crippen LogP) is 7.20. The van der Waals surface area contributed by atoms with Gasteiger partial charge in [0.2, 0.25) is 0 Å². The Balaban J connectivity index is 1.49. The van der Waals surface area contributed by atoms with Crippen LogP contribution in [-0.4, -0.2) is 34.3 Å². The molecule has 0 aromatic carbocycles. The Morgan fingerprint density at radius 3 is 2.26 bits per heavy atom. The molecule has 0 amide bonds. The van der Waals surface area contributed by atoms with Crippen molar-refractivity contribution in [3.8, 4) is 0 Å². The van der Waals surface area contributed by atoms with Gasteiger partial charge in [0.15, 0.2) is 5.60 Å². The molecule has 0 bridgehead atoms. The number of allylic oxidation sites excluding steroid dienone is 1. The van der Waals surface area contributed by atoms with Crippen molar-refractivity contribution >= 4 is 0 Å². The summed E-state index contributed by atoms with van der Waals surface area (Å²) in [6.45, 7) is 6.36. The molecular weight excluding hydrogens is 458 g/mol. The van der Waals surface area contributed by atoms with Crippen molar-refractivity contribution in [2.75, 3.05) is 0 Å². The minimum absolute atomic E-state index is 0.00679. The van der Waals surface area contributed by atoms with E-state index < -0.39 is 24.1 Å². The highest BCUT2D eigenvalue weighted by Gasteiger charge is 2.63. The van der Waals surface area contributed by atoms with Crippen molar-refractivity contribution < 1.29 is 36.6 Å². The van der Waals surface area contributed by atoms with Gasteiger partial charge in [-0.1, -0.05) is 32.4 Å². The zero-order valence-electron chi connectivity index (χ0n) is 20.3. The summed E-state index contributed by atoms with van der Waals surface area (Å²) in [6.07, 6.45) is -5.23. The third kappa shape index (κ3) is 4.12. The van der Waals surface area contributed by atoms with Crippen molar-refractivity contribution in [1.29, 1.82) is 0 Å². The van der Waals surface area contributed by atoms with E-state index >= 15 is 0 Å². The minimum atomic E-state index is -4.63. The van der Waals surface area contributed by atoms with Crippen LogP contribution in [0.3, 0.4) is 0 Å². The fraction of sp³-hybridized carbons (Fsp3) is 0.923. The molecule has 0 spiro atoms. The van der Waals surface area contributed by atoms with Crippen LogP contribution in [0.1, 0.15) is 85.0 Å². The van der Waals surface area contributed by atoms with Crippen LogP contribution < -0.4 is 0 Å². The normalized spacial score (nSPS) is 44.5. The van der Waals surface area contributed by atoms with Gasteiger partial charge in [0.05, 0.1) is 0 Å². The zero-order chi connectivity index (χ0) is 25.3.